The quantitative estimate of drug-likeness (QED) is 0.626. The standard InChI is InChI=1S/C14H25FO6.C3H8O/c1-5-17-13(16)12(6-7-19-15)20-10(2)8-11-9-18-14(3,4)21-11;1-3(2)4/h10-12H,5-9H2,1-4H3;3-4H,1-2H3. The first kappa shape index (κ1) is 24.2. The van der Waals surface area contributed by atoms with Crippen LogP contribution in [0.5, 0.6) is 0 Å². The first-order valence-corrected chi connectivity index (χ1v) is 8.66. The van der Waals surface area contributed by atoms with E-state index in [4.69, 9.17) is 24.1 Å². The summed E-state index contributed by atoms with van der Waals surface area (Å²) in [5.41, 5.74) is 0. The van der Waals surface area contributed by atoms with Gasteiger partial charge in [-0.1, -0.05) is 0 Å². The van der Waals surface area contributed by atoms with Crippen LogP contribution in [0.2, 0.25) is 0 Å². The Morgan fingerprint density at radius 1 is 1.36 bits per heavy atom. The average molecular weight is 368 g/mol. The van der Waals surface area contributed by atoms with Gasteiger partial charge in [0.1, 0.15) is 0 Å². The molecule has 1 N–H and O–H groups in total. The van der Waals surface area contributed by atoms with Crippen LogP contribution in [0.15, 0.2) is 0 Å². The lowest BCUT2D eigenvalue weighted by Gasteiger charge is -2.23. The molecule has 0 saturated carbocycles. The first-order chi connectivity index (χ1) is 11.6. The van der Waals surface area contributed by atoms with E-state index in [9.17, 15) is 9.32 Å². The lowest BCUT2D eigenvalue weighted by Crippen LogP contribution is -2.33. The normalized spacial score (nSPS) is 21.4. The molecule has 0 amide bonds. The summed E-state index contributed by atoms with van der Waals surface area (Å²) in [4.78, 5) is 15.3. The zero-order valence-corrected chi connectivity index (χ0v) is 16.1. The second kappa shape index (κ2) is 12.5. The third-order valence-electron chi connectivity index (χ3n) is 3.07. The van der Waals surface area contributed by atoms with Crippen molar-refractivity contribution in [3.05, 3.63) is 0 Å². The molecule has 0 radical (unpaired) electrons. The number of carbonyl (C=O) groups is 1. The molecule has 0 aromatic rings. The molecule has 3 atom stereocenters. The molecule has 1 fully saturated rings. The van der Waals surface area contributed by atoms with Crippen molar-refractivity contribution in [3.63, 3.8) is 0 Å². The molecule has 1 heterocycles. The molecule has 0 aliphatic carbocycles. The van der Waals surface area contributed by atoms with E-state index in [1.165, 1.54) is 0 Å². The van der Waals surface area contributed by atoms with Gasteiger partial charge in [-0.25, -0.2) is 4.79 Å². The number of carbonyl (C=O) groups excluding carboxylic acids is 1. The van der Waals surface area contributed by atoms with Gasteiger partial charge in [-0.2, -0.15) is 4.94 Å². The topological polar surface area (TPSA) is 83.5 Å². The second-order valence-electron chi connectivity index (χ2n) is 6.57. The zero-order chi connectivity index (χ0) is 19.5. The summed E-state index contributed by atoms with van der Waals surface area (Å²) in [6.07, 6.45) is -0.661. The Hall–Kier alpha value is -0.800. The number of hydrogen-bond donors (Lipinski definition) is 1. The Morgan fingerprint density at radius 2 is 1.96 bits per heavy atom. The van der Waals surface area contributed by atoms with Gasteiger partial charge in [0.25, 0.3) is 0 Å². The number of ether oxygens (including phenoxy) is 4. The van der Waals surface area contributed by atoms with Crippen molar-refractivity contribution in [2.75, 3.05) is 19.8 Å². The van der Waals surface area contributed by atoms with Gasteiger partial charge in [-0.15, -0.1) is 0 Å². The van der Waals surface area contributed by atoms with Gasteiger partial charge >= 0.3 is 5.97 Å². The number of halogens is 1. The van der Waals surface area contributed by atoms with Crippen molar-refractivity contribution in [1.29, 1.82) is 0 Å². The average Bonchev–Trinajstić information content (AvgIpc) is 2.81. The van der Waals surface area contributed by atoms with Crippen LogP contribution in [0, 0.1) is 0 Å². The van der Waals surface area contributed by atoms with Crippen molar-refractivity contribution in [1.82, 2.24) is 0 Å². The minimum absolute atomic E-state index is 0.0877. The number of hydrogen-bond acceptors (Lipinski definition) is 7. The third kappa shape index (κ3) is 12.2. The van der Waals surface area contributed by atoms with Gasteiger partial charge in [0.2, 0.25) is 0 Å². The lowest BCUT2D eigenvalue weighted by molar-refractivity contribution is -0.173. The largest absolute Gasteiger partial charge is 0.464 e. The molecule has 0 aromatic heterocycles. The molecule has 25 heavy (non-hydrogen) atoms. The molecule has 7 nitrogen and oxygen atoms in total. The number of rotatable bonds is 9. The zero-order valence-electron chi connectivity index (χ0n) is 16.1. The van der Waals surface area contributed by atoms with Crippen molar-refractivity contribution in [2.45, 2.75) is 84.6 Å². The Balaban J connectivity index is 0.00000129. The number of esters is 1. The Kier molecular flexibility index (Phi) is 12.1. The summed E-state index contributed by atoms with van der Waals surface area (Å²) in [6.45, 7) is 11.2. The summed E-state index contributed by atoms with van der Waals surface area (Å²) in [7, 11) is 0. The lowest BCUT2D eigenvalue weighted by atomic mass is 10.1. The first-order valence-electron chi connectivity index (χ1n) is 8.66. The van der Waals surface area contributed by atoms with Crippen LogP contribution in [-0.4, -0.2) is 61.1 Å². The molecule has 8 heteroatoms. The minimum Gasteiger partial charge on any atom is -0.464 e. The highest BCUT2D eigenvalue weighted by atomic mass is 19.3. The molecule has 0 bridgehead atoms. The summed E-state index contributed by atoms with van der Waals surface area (Å²) < 4.78 is 33.5. The summed E-state index contributed by atoms with van der Waals surface area (Å²) in [5, 5.41) is 8.06. The fourth-order valence-corrected chi connectivity index (χ4v) is 2.21. The highest BCUT2D eigenvalue weighted by molar-refractivity contribution is 5.74. The molecule has 0 aromatic carbocycles. The van der Waals surface area contributed by atoms with E-state index in [-0.39, 0.29) is 37.9 Å². The molecule has 150 valence electrons. The highest BCUT2D eigenvalue weighted by Gasteiger charge is 2.34. The van der Waals surface area contributed by atoms with E-state index in [2.05, 4.69) is 4.94 Å². The van der Waals surface area contributed by atoms with Crippen LogP contribution in [0.3, 0.4) is 0 Å². The van der Waals surface area contributed by atoms with E-state index < -0.39 is 17.9 Å². The van der Waals surface area contributed by atoms with E-state index >= 15 is 0 Å². The van der Waals surface area contributed by atoms with Gasteiger partial charge in [0, 0.05) is 18.9 Å². The monoisotopic (exact) mass is 368 g/mol. The molecular formula is C17H33FO7. The second-order valence-corrected chi connectivity index (χ2v) is 6.57. The Labute approximate surface area is 149 Å². The molecule has 3 unspecified atom stereocenters. The van der Waals surface area contributed by atoms with E-state index in [1.807, 2.05) is 20.8 Å². The van der Waals surface area contributed by atoms with Crippen molar-refractivity contribution >= 4 is 5.97 Å². The predicted octanol–water partition coefficient (Wildman–Crippen LogP) is 2.54. The maximum Gasteiger partial charge on any atom is 0.335 e. The van der Waals surface area contributed by atoms with Crippen molar-refractivity contribution in [3.8, 4) is 0 Å². The predicted molar refractivity (Wildman–Crippen MR) is 89.5 cm³/mol. The van der Waals surface area contributed by atoms with Gasteiger partial charge in [-0.3, -0.25) is 0 Å². The summed E-state index contributed by atoms with van der Waals surface area (Å²) in [6, 6.07) is 0. The molecule has 0 spiro atoms. The SMILES string of the molecule is CC(C)O.CCOC(=O)C(CCOF)OC(C)CC1COC(C)(C)O1. The molecule has 1 aliphatic heterocycles. The smallest absolute Gasteiger partial charge is 0.335 e. The fourth-order valence-electron chi connectivity index (χ4n) is 2.21. The van der Waals surface area contributed by atoms with E-state index in [1.54, 1.807) is 20.8 Å². The van der Waals surface area contributed by atoms with Crippen LogP contribution >= 0.6 is 0 Å². The van der Waals surface area contributed by atoms with Crippen LogP contribution in [-0.2, 0) is 28.7 Å². The van der Waals surface area contributed by atoms with Crippen LogP contribution < -0.4 is 0 Å². The minimum atomic E-state index is -0.842. The van der Waals surface area contributed by atoms with Gasteiger partial charge < -0.3 is 24.1 Å². The van der Waals surface area contributed by atoms with Crippen LogP contribution in [0.4, 0.5) is 4.53 Å². The maximum atomic E-state index is 11.8. The number of aliphatic hydroxyl groups is 1. The third-order valence-corrected chi connectivity index (χ3v) is 3.07. The van der Waals surface area contributed by atoms with Crippen molar-refractivity contribution in [2.24, 2.45) is 0 Å². The number of aliphatic hydroxyl groups excluding tert-OH is 1. The van der Waals surface area contributed by atoms with Gasteiger partial charge in [0.05, 0.1) is 32.0 Å². The van der Waals surface area contributed by atoms with Crippen LogP contribution in [0.1, 0.15) is 54.4 Å². The van der Waals surface area contributed by atoms with Crippen LogP contribution in [0.25, 0.3) is 0 Å². The van der Waals surface area contributed by atoms with Crippen molar-refractivity contribution < 1.29 is 38.3 Å². The molecule has 1 rings (SSSR count). The molecule has 1 aliphatic rings. The molecular weight excluding hydrogens is 335 g/mol. The Bertz CT molecular complexity index is 360. The van der Waals surface area contributed by atoms with Gasteiger partial charge in [-0.05, 0) is 46.1 Å². The highest BCUT2D eigenvalue weighted by Crippen LogP contribution is 2.25. The Morgan fingerprint density at radius 3 is 2.40 bits per heavy atom. The van der Waals surface area contributed by atoms with E-state index in [0.717, 1.165) is 0 Å². The van der Waals surface area contributed by atoms with E-state index in [0.29, 0.717) is 13.0 Å². The molecule has 1 saturated heterocycles. The van der Waals surface area contributed by atoms with Gasteiger partial charge in [0.15, 0.2) is 11.9 Å². The summed E-state index contributed by atoms with van der Waals surface area (Å²) >= 11 is 0. The summed E-state index contributed by atoms with van der Waals surface area (Å²) in [5.74, 6) is -1.10. The maximum absolute atomic E-state index is 11.8. The fraction of sp³-hybridized carbons (Fsp3) is 0.941.